The Morgan fingerprint density at radius 3 is 2.79 bits per heavy atom. The first-order valence-electron chi connectivity index (χ1n) is 8.07. The summed E-state index contributed by atoms with van der Waals surface area (Å²) in [6.07, 6.45) is 7.22. The van der Waals surface area contributed by atoms with E-state index < -0.39 is 0 Å². The Balaban J connectivity index is 1.41. The molecule has 128 valence electrons. The third-order valence-corrected chi connectivity index (χ3v) is 4.00. The van der Waals surface area contributed by atoms with Crippen molar-refractivity contribution in [2.45, 2.75) is 25.9 Å². The van der Waals surface area contributed by atoms with Crippen LogP contribution in [0.25, 0.3) is 0 Å². The van der Waals surface area contributed by atoms with E-state index in [-0.39, 0.29) is 12.1 Å². The van der Waals surface area contributed by atoms with Crippen LogP contribution in [0.3, 0.4) is 0 Å². The van der Waals surface area contributed by atoms with Crippen LogP contribution in [0.1, 0.15) is 18.4 Å². The van der Waals surface area contributed by atoms with E-state index in [0.29, 0.717) is 19.5 Å². The molecule has 2 aromatic heterocycles. The molecule has 1 atom stereocenters. The third kappa shape index (κ3) is 4.48. The molecule has 9 heteroatoms. The lowest BCUT2D eigenvalue weighted by Gasteiger charge is -2.34. The average molecular weight is 330 g/mol. The minimum absolute atomic E-state index is 0.0152. The molecule has 0 aromatic carbocycles. The van der Waals surface area contributed by atoms with Gasteiger partial charge in [0.25, 0.3) is 0 Å². The molecule has 0 unspecified atom stereocenters. The Labute approximate surface area is 140 Å². The second-order valence-electron chi connectivity index (χ2n) is 5.95. The number of H-pyrrole nitrogens is 1. The van der Waals surface area contributed by atoms with Crippen molar-refractivity contribution in [1.82, 2.24) is 40.3 Å². The maximum Gasteiger partial charge on any atom is 0.317 e. The second kappa shape index (κ2) is 7.82. The molecule has 2 amide bonds. The van der Waals surface area contributed by atoms with E-state index in [9.17, 15) is 4.79 Å². The van der Waals surface area contributed by atoms with Gasteiger partial charge in [-0.15, -0.1) is 0 Å². The molecule has 1 fully saturated rings. The van der Waals surface area contributed by atoms with E-state index in [1.54, 1.807) is 18.6 Å². The van der Waals surface area contributed by atoms with E-state index in [0.717, 1.165) is 31.2 Å². The Morgan fingerprint density at radius 1 is 1.29 bits per heavy atom. The van der Waals surface area contributed by atoms with Crippen LogP contribution < -0.4 is 5.32 Å². The average Bonchev–Trinajstić information content (AvgIpc) is 3.09. The van der Waals surface area contributed by atoms with E-state index in [4.69, 9.17) is 0 Å². The number of aromatic nitrogens is 5. The van der Waals surface area contributed by atoms with Crippen LogP contribution in [-0.4, -0.2) is 73.2 Å². The first kappa shape index (κ1) is 16.3. The van der Waals surface area contributed by atoms with Gasteiger partial charge in [-0.2, -0.15) is 5.10 Å². The summed E-state index contributed by atoms with van der Waals surface area (Å²) >= 11 is 0. The van der Waals surface area contributed by atoms with E-state index in [1.165, 1.54) is 6.33 Å². The fourth-order valence-corrected chi connectivity index (χ4v) is 2.73. The minimum atomic E-state index is -0.0225. The van der Waals surface area contributed by atoms with Crippen molar-refractivity contribution in [1.29, 1.82) is 0 Å². The highest BCUT2D eigenvalue weighted by Gasteiger charge is 2.22. The van der Waals surface area contributed by atoms with Crippen molar-refractivity contribution in [2.75, 3.05) is 26.2 Å². The lowest BCUT2D eigenvalue weighted by molar-refractivity contribution is 0.132. The second-order valence-corrected chi connectivity index (χ2v) is 5.95. The van der Waals surface area contributed by atoms with Gasteiger partial charge in [0.15, 0.2) is 0 Å². The van der Waals surface area contributed by atoms with Crippen LogP contribution in [0.5, 0.6) is 0 Å². The van der Waals surface area contributed by atoms with Gasteiger partial charge < -0.3 is 10.2 Å². The first-order valence-corrected chi connectivity index (χ1v) is 8.07. The lowest BCUT2D eigenvalue weighted by atomic mass is 10.2. The smallest absolute Gasteiger partial charge is 0.317 e. The normalized spacial score (nSPS) is 16.8. The summed E-state index contributed by atoms with van der Waals surface area (Å²) in [6, 6.07) is -0.00729. The number of carbonyl (C=O) groups excluding carboxylic acids is 1. The van der Waals surface area contributed by atoms with Crippen molar-refractivity contribution in [3.63, 3.8) is 0 Å². The molecule has 0 bridgehead atoms. The largest absolute Gasteiger partial charge is 0.335 e. The highest BCUT2D eigenvalue weighted by atomic mass is 16.2. The van der Waals surface area contributed by atoms with Gasteiger partial charge >= 0.3 is 6.03 Å². The topological polar surface area (TPSA) is 103 Å². The molecule has 1 saturated heterocycles. The fraction of sp³-hybridized carbons (Fsp3) is 0.533. The Kier molecular flexibility index (Phi) is 5.32. The van der Waals surface area contributed by atoms with Crippen LogP contribution in [-0.2, 0) is 13.0 Å². The number of hydrogen-bond donors (Lipinski definition) is 2. The number of urea groups is 1. The molecule has 0 saturated carbocycles. The molecule has 0 radical (unpaired) electrons. The molecule has 1 aliphatic heterocycles. The molecule has 24 heavy (non-hydrogen) atoms. The van der Waals surface area contributed by atoms with Crippen LogP contribution in [0, 0.1) is 0 Å². The van der Waals surface area contributed by atoms with Gasteiger partial charge in [-0.05, 0) is 6.92 Å². The number of nitrogens with zero attached hydrogens (tertiary/aromatic N) is 6. The van der Waals surface area contributed by atoms with Crippen LogP contribution >= 0.6 is 0 Å². The quantitative estimate of drug-likeness (QED) is 0.803. The molecular formula is C15H22N8O. The zero-order chi connectivity index (χ0) is 16.8. The molecule has 0 aliphatic carbocycles. The molecule has 9 nitrogen and oxygen atoms in total. The predicted molar refractivity (Wildman–Crippen MR) is 87.0 cm³/mol. The number of aromatic amines is 1. The molecule has 2 N–H and O–H groups in total. The maximum atomic E-state index is 12.4. The Hall–Kier alpha value is -2.55. The van der Waals surface area contributed by atoms with Crippen molar-refractivity contribution in [2.24, 2.45) is 0 Å². The van der Waals surface area contributed by atoms with Crippen molar-refractivity contribution in [3.8, 4) is 0 Å². The summed E-state index contributed by atoms with van der Waals surface area (Å²) in [6.45, 7) is 5.78. The molecule has 2 aromatic rings. The number of carbonyl (C=O) groups is 1. The standard InChI is InChI=1S/C15H22N8O/c1-12(8-13-9-16-2-3-17-13)20-15(24)23-6-4-22(5-7-23)10-14-18-11-19-21-14/h2-3,9,11-12H,4-8,10H2,1H3,(H,20,24)(H,18,19,21)/t12-/m1/s1. The van der Waals surface area contributed by atoms with Gasteiger partial charge in [0.2, 0.25) is 0 Å². The van der Waals surface area contributed by atoms with E-state index in [2.05, 4.69) is 35.4 Å². The summed E-state index contributed by atoms with van der Waals surface area (Å²) in [7, 11) is 0. The monoisotopic (exact) mass is 330 g/mol. The highest BCUT2D eigenvalue weighted by Crippen LogP contribution is 2.06. The highest BCUT2D eigenvalue weighted by molar-refractivity contribution is 5.74. The Morgan fingerprint density at radius 2 is 2.12 bits per heavy atom. The number of amides is 2. The maximum absolute atomic E-state index is 12.4. The molecule has 3 rings (SSSR count). The number of hydrogen-bond acceptors (Lipinski definition) is 6. The SMILES string of the molecule is C[C@H](Cc1cnccn1)NC(=O)N1CCN(Cc2ncn[nH]2)CC1. The summed E-state index contributed by atoms with van der Waals surface area (Å²) in [5.41, 5.74) is 0.877. The summed E-state index contributed by atoms with van der Waals surface area (Å²) in [5, 5.41) is 9.74. The predicted octanol–water partition coefficient (Wildman–Crippen LogP) is 0.0531. The molecular weight excluding hydrogens is 308 g/mol. The molecule has 3 heterocycles. The van der Waals surface area contributed by atoms with E-state index >= 15 is 0 Å². The lowest BCUT2D eigenvalue weighted by Crippen LogP contribution is -2.53. The van der Waals surface area contributed by atoms with Crippen molar-refractivity contribution >= 4 is 6.03 Å². The summed E-state index contributed by atoms with van der Waals surface area (Å²) in [5.74, 6) is 0.852. The number of piperazine rings is 1. The van der Waals surface area contributed by atoms with Gasteiger partial charge in [0.1, 0.15) is 12.2 Å². The van der Waals surface area contributed by atoms with Crippen LogP contribution in [0.15, 0.2) is 24.9 Å². The van der Waals surface area contributed by atoms with Crippen LogP contribution in [0.4, 0.5) is 4.79 Å². The van der Waals surface area contributed by atoms with Crippen molar-refractivity contribution in [3.05, 3.63) is 36.4 Å². The Bertz CT molecular complexity index is 624. The molecule has 1 aliphatic rings. The zero-order valence-electron chi connectivity index (χ0n) is 13.7. The van der Waals surface area contributed by atoms with Gasteiger partial charge in [0.05, 0.1) is 12.2 Å². The van der Waals surface area contributed by atoms with Gasteiger partial charge in [-0.1, -0.05) is 0 Å². The number of nitrogens with one attached hydrogen (secondary N) is 2. The zero-order valence-corrected chi connectivity index (χ0v) is 13.7. The summed E-state index contributed by atoms with van der Waals surface area (Å²) < 4.78 is 0. The van der Waals surface area contributed by atoms with Gasteiger partial charge in [-0.3, -0.25) is 20.0 Å². The first-order chi connectivity index (χ1) is 11.7. The van der Waals surface area contributed by atoms with Crippen LogP contribution in [0.2, 0.25) is 0 Å². The van der Waals surface area contributed by atoms with Gasteiger partial charge in [-0.25, -0.2) is 9.78 Å². The summed E-state index contributed by atoms with van der Waals surface area (Å²) in [4.78, 5) is 28.9. The van der Waals surface area contributed by atoms with E-state index in [1.807, 2.05) is 11.8 Å². The van der Waals surface area contributed by atoms with Gasteiger partial charge in [0, 0.05) is 57.2 Å². The third-order valence-electron chi connectivity index (χ3n) is 4.00. The fourth-order valence-electron chi connectivity index (χ4n) is 2.73. The molecule has 0 spiro atoms. The number of rotatable bonds is 5. The minimum Gasteiger partial charge on any atom is -0.335 e. The van der Waals surface area contributed by atoms with Crippen molar-refractivity contribution < 1.29 is 4.79 Å².